The number of hydrogen-bond acceptors (Lipinski definition) is 3. The summed E-state index contributed by atoms with van der Waals surface area (Å²) in [6.07, 6.45) is -0.998. The zero-order valence-electron chi connectivity index (χ0n) is 15.8. The number of carbonyl (C=O) groups is 2. The van der Waals surface area contributed by atoms with Crippen molar-refractivity contribution in [3.8, 4) is 0 Å². The van der Waals surface area contributed by atoms with Gasteiger partial charge in [0.15, 0.2) is 10.0 Å². The Hall–Kier alpha value is -1.40. The molecule has 0 bridgehead atoms. The van der Waals surface area contributed by atoms with E-state index >= 15 is 0 Å². The summed E-state index contributed by atoms with van der Waals surface area (Å²) in [5.74, 6) is -0.953. The standard InChI is InChI=1S/C20H21Cl2F2NO3/c1-17(2,3)28-15(26)8-25-10-18(7-14(18)23)13-6-11(4-5-12(13)16(25)27)19(24)9-20(19,21)22/h4-6,14H,7-10H2,1-3H3. The molecule has 0 radical (unpaired) electrons. The van der Waals surface area contributed by atoms with Gasteiger partial charge in [-0.05, 0) is 44.4 Å². The molecule has 1 spiro atoms. The van der Waals surface area contributed by atoms with Gasteiger partial charge in [0.1, 0.15) is 18.3 Å². The van der Waals surface area contributed by atoms with E-state index in [1.165, 1.54) is 23.1 Å². The van der Waals surface area contributed by atoms with Gasteiger partial charge in [0.05, 0.1) is 0 Å². The van der Waals surface area contributed by atoms with E-state index < -0.39 is 39.1 Å². The molecule has 1 amide bonds. The molecule has 3 unspecified atom stereocenters. The molecule has 2 fully saturated rings. The van der Waals surface area contributed by atoms with Gasteiger partial charge >= 0.3 is 5.97 Å². The summed E-state index contributed by atoms with van der Waals surface area (Å²) in [6.45, 7) is 4.99. The first-order chi connectivity index (χ1) is 12.8. The fourth-order valence-corrected chi connectivity index (χ4v) is 4.58. The Balaban J connectivity index is 1.65. The molecular formula is C20H21Cl2F2NO3. The Morgan fingerprint density at radius 2 is 1.96 bits per heavy atom. The van der Waals surface area contributed by atoms with E-state index in [1.54, 1.807) is 20.8 Å². The van der Waals surface area contributed by atoms with Crippen molar-refractivity contribution < 1.29 is 23.1 Å². The van der Waals surface area contributed by atoms with E-state index in [0.717, 1.165) is 0 Å². The Kier molecular flexibility index (Phi) is 4.13. The molecule has 4 nitrogen and oxygen atoms in total. The first-order valence-electron chi connectivity index (χ1n) is 9.16. The highest BCUT2D eigenvalue weighted by Crippen LogP contribution is 2.66. The summed E-state index contributed by atoms with van der Waals surface area (Å²) in [5.41, 5.74) is -2.51. The summed E-state index contributed by atoms with van der Waals surface area (Å²) in [7, 11) is 0. The third-order valence-corrected chi connectivity index (χ3v) is 6.51. The van der Waals surface area contributed by atoms with Crippen molar-refractivity contribution in [1.82, 2.24) is 4.90 Å². The molecule has 1 aromatic rings. The molecule has 28 heavy (non-hydrogen) atoms. The van der Waals surface area contributed by atoms with Crippen LogP contribution in [0.2, 0.25) is 0 Å². The summed E-state index contributed by atoms with van der Waals surface area (Å²) in [6, 6.07) is 4.46. The van der Waals surface area contributed by atoms with Crippen LogP contribution in [-0.2, 0) is 20.6 Å². The Bertz CT molecular complexity index is 885. The SMILES string of the molecule is CC(C)(C)OC(=O)CN1CC2(CC2F)c2cc(C3(F)CC3(Cl)Cl)ccc2C1=O. The highest BCUT2D eigenvalue weighted by Gasteiger charge is 2.70. The van der Waals surface area contributed by atoms with Crippen LogP contribution in [0, 0.1) is 0 Å². The smallest absolute Gasteiger partial charge is 0.326 e. The molecule has 2 aliphatic carbocycles. The van der Waals surface area contributed by atoms with Crippen molar-refractivity contribution in [2.24, 2.45) is 0 Å². The van der Waals surface area contributed by atoms with Crippen LogP contribution in [-0.4, -0.2) is 46.0 Å². The van der Waals surface area contributed by atoms with Crippen LogP contribution in [0.1, 0.15) is 55.1 Å². The van der Waals surface area contributed by atoms with E-state index in [-0.39, 0.29) is 37.1 Å². The molecule has 0 saturated heterocycles. The predicted octanol–water partition coefficient (Wildman–Crippen LogP) is 4.21. The first kappa shape index (κ1) is 19.9. The van der Waals surface area contributed by atoms with E-state index in [0.29, 0.717) is 5.56 Å². The lowest BCUT2D eigenvalue weighted by Gasteiger charge is -2.35. The van der Waals surface area contributed by atoms with Crippen LogP contribution in [0.4, 0.5) is 8.78 Å². The number of esters is 1. The van der Waals surface area contributed by atoms with Gasteiger partial charge in [0.2, 0.25) is 0 Å². The second kappa shape index (κ2) is 5.82. The molecule has 3 atom stereocenters. The van der Waals surface area contributed by atoms with Crippen LogP contribution < -0.4 is 0 Å². The van der Waals surface area contributed by atoms with Crippen molar-refractivity contribution in [2.75, 3.05) is 13.1 Å². The lowest BCUT2D eigenvalue weighted by atomic mass is 9.84. The van der Waals surface area contributed by atoms with E-state index in [4.69, 9.17) is 27.9 Å². The Morgan fingerprint density at radius 3 is 2.46 bits per heavy atom. The maximum Gasteiger partial charge on any atom is 0.326 e. The average molecular weight is 432 g/mol. The average Bonchev–Trinajstić information content (AvgIpc) is 3.35. The van der Waals surface area contributed by atoms with Crippen molar-refractivity contribution in [1.29, 1.82) is 0 Å². The van der Waals surface area contributed by atoms with Gasteiger partial charge in [-0.1, -0.05) is 35.3 Å². The number of fused-ring (bicyclic) bond motifs is 2. The molecule has 0 N–H and O–H groups in total. The van der Waals surface area contributed by atoms with Gasteiger partial charge in [-0.3, -0.25) is 9.59 Å². The van der Waals surface area contributed by atoms with Crippen molar-refractivity contribution in [2.45, 2.75) is 60.8 Å². The zero-order chi connectivity index (χ0) is 20.7. The first-order valence-corrected chi connectivity index (χ1v) is 9.92. The van der Waals surface area contributed by atoms with Gasteiger partial charge in [0, 0.05) is 23.9 Å². The number of halogens is 4. The quantitative estimate of drug-likeness (QED) is 0.531. The third-order valence-electron chi connectivity index (χ3n) is 5.65. The van der Waals surface area contributed by atoms with Gasteiger partial charge in [-0.25, -0.2) is 8.78 Å². The summed E-state index contributed by atoms with van der Waals surface area (Å²) in [5, 5.41) is 0. The Labute approximate surface area is 172 Å². The summed E-state index contributed by atoms with van der Waals surface area (Å²) in [4.78, 5) is 26.4. The fourth-order valence-electron chi connectivity index (χ4n) is 3.99. The van der Waals surface area contributed by atoms with Crippen molar-refractivity contribution in [3.05, 3.63) is 34.9 Å². The Morgan fingerprint density at radius 1 is 1.36 bits per heavy atom. The van der Waals surface area contributed by atoms with Crippen LogP contribution in [0.25, 0.3) is 0 Å². The maximum absolute atomic E-state index is 14.9. The minimum Gasteiger partial charge on any atom is -0.459 e. The van der Waals surface area contributed by atoms with E-state index in [9.17, 15) is 18.4 Å². The van der Waals surface area contributed by atoms with E-state index in [1.807, 2.05) is 0 Å². The zero-order valence-corrected chi connectivity index (χ0v) is 17.3. The van der Waals surface area contributed by atoms with E-state index in [2.05, 4.69) is 0 Å². The van der Waals surface area contributed by atoms with Gasteiger partial charge in [0.25, 0.3) is 5.91 Å². The van der Waals surface area contributed by atoms with Gasteiger partial charge in [-0.2, -0.15) is 0 Å². The number of alkyl halides is 4. The van der Waals surface area contributed by atoms with Gasteiger partial charge in [-0.15, -0.1) is 0 Å². The lowest BCUT2D eigenvalue weighted by Crippen LogP contribution is -2.47. The van der Waals surface area contributed by atoms with Gasteiger partial charge < -0.3 is 9.64 Å². The number of rotatable bonds is 3. The highest BCUT2D eigenvalue weighted by atomic mass is 35.5. The molecule has 3 aliphatic rings. The molecule has 2 saturated carbocycles. The molecular weight excluding hydrogens is 411 g/mol. The largest absolute Gasteiger partial charge is 0.459 e. The molecule has 1 aromatic carbocycles. The molecule has 8 heteroatoms. The monoisotopic (exact) mass is 431 g/mol. The minimum atomic E-state index is -1.90. The number of hydrogen-bond donors (Lipinski definition) is 0. The van der Waals surface area contributed by atoms with Crippen molar-refractivity contribution in [3.63, 3.8) is 0 Å². The topological polar surface area (TPSA) is 46.6 Å². The maximum atomic E-state index is 14.9. The molecule has 152 valence electrons. The summed E-state index contributed by atoms with van der Waals surface area (Å²) >= 11 is 11.9. The van der Waals surface area contributed by atoms with Crippen LogP contribution in [0.3, 0.4) is 0 Å². The third kappa shape index (κ3) is 3.00. The minimum absolute atomic E-state index is 0.0489. The second-order valence-electron chi connectivity index (χ2n) is 9.02. The molecule has 1 heterocycles. The summed E-state index contributed by atoms with van der Waals surface area (Å²) < 4.78 is 33.2. The predicted molar refractivity (Wildman–Crippen MR) is 101 cm³/mol. The molecule has 0 aromatic heterocycles. The van der Waals surface area contributed by atoms with Crippen LogP contribution in [0.5, 0.6) is 0 Å². The van der Waals surface area contributed by atoms with Crippen LogP contribution in [0.15, 0.2) is 18.2 Å². The number of benzene rings is 1. The van der Waals surface area contributed by atoms with Crippen molar-refractivity contribution >= 4 is 35.1 Å². The molecule has 4 rings (SSSR count). The number of ether oxygens (including phenoxy) is 1. The lowest BCUT2D eigenvalue weighted by molar-refractivity contribution is -0.155. The van der Waals surface area contributed by atoms with Crippen LogP contribution >= 0.6 is 23.2 Å². The molecule has 1 aliphatic heterocycles. The fraction of sp³-hybridized carbons (Fsp3) is 0.600. The number of amides is 1. The second-order valence-corrected chi connectivity index (χ2v) is 10.5. The normalized spacial score (nSPS) is 32.9. The number of carbonyl (C=O) groups excluding carboxylic acids is 2. The highest BCUT2D eigenvalue weighted by molar-refractivity contribution is 6.52. The number of nitrogens with zero attached hydrogens (tertiary/aromatic N) is 1.